The fourth-order valence-electron chi connectivity index (χ4n) is 2.30. The Morgan fingerprint density at radius 2 is 2.17 bits per heavy atom. The van der Waals surface area contributed by atoms with Gasteiger partial charge in [0.15, 0.2) is 5.96 Å². The summed E-state index contributed by atoms with van der Waals surface area (Å²) in [6, 6.07) is 9.61. The van der Waals surface area contributed by atoms with Crippen LogP contribution in [0.4, 0.5) is 0 Å². The van der Waals surface area contributed by atoms with E-state index in [1.807, 2.05) is 37.3 Å². The number of guanidine groups is 1. The van der Waals surface area contributed by atoms with Crippen molar-refractivity contribution in [1.82, 2.24) is 16.0 Å². The SMILES string of the molecule is CCNC(=NCCS(=O)c1ccccc1)NC1CCC(=O)NC1. The highest BCUT2D eigenvalue weighted by molar-refractivity contribution is 7.85. The maximum absolute atomic E-state index is 12.2. The third-order valence-electron chi connectivity index (χ3n) is 3.50. The van der Waals surface area contributed by atoms with Crippen molar-refractivity contribution in [2.45, 2.75) is 30.7 Å². The van der Waals surface area contributed by atoms with Crippen molar-refractivity contribution in [2.75, 3.05) is 25.4 Å². The molecule has 1 amide bonds. The molecule has 1 aliphatic rings. The molecule has 2 atom stereocenters. The third-order valence-corrected chi connectivity index (χ3v) is 4.85. The molecule has 1 aromatic carbocycles. The van der Waals surface area contributed by atoms with Gasteiger partial charge in [0.1, 0.15) is 0 Å². The van der Waals surface area contributed by atoms with Gasteiger partial charge in [-0.3, -0.25) is 14.0 Å². The number of rotatable bonds is 6. The summed E-state index contributed by atoms with van der Waals surface area (Å²) in [7, 11) is -1.03. The molecule has 3 N–H and O–H groups in total. The Morgan fingerprint density at radius 3 is 2.83 bits per heavy atom. The number of amides is 1. The lowest BCUT2D eigenvalue weighted by molar-refractivity contribution is -0.122. The second kappa shape index (κ2) is 9.29. The minimum Gasteiger partial charge on any atom is -0.357 e. The van der Waals surface area contributed by atoms with Crippen molar-refractivity contribution in [3.05, 3.63) is 30.3 Å². The lowest BCUT2D eigenvalue weighted by atomic mass is 10.1. The van der Waals surface area contributed by atoms with Gasteiger partial charge in [-0.05, 0) is 25.5 Å². The van der Waals surface area contributed by atoms with E-state index < -0.39 is 10.8 Å². The van der Waals surface area contributed by atoms with E-state index in [4.69, 9.17) is 0 Å². The topological polar surface area (TPSA) is 82.6 Å². The largest absolute Gasteiger partial charge is 0.357 e. The summed E-state index contributed by atoms with van der Waals surface area (Å²) >= 11 is 0. The number of carbonyl (C=O) groups is 1. The van der Waals surface area contributed by atoms with Crippen molar-refractivity contribution in [2.24, 2.45) is 4.99 Å². The lowest BCUT2D eigenvalue weighted by Gasteiger charge is -2.25. The Bertz CT molecular complexity index is 552. The van der Waals surface area contributed by atoms with Crippen LogP contribution >= 0.6 is 0 Å². The Hall–Kier alpha value is -1.89. The summed E-state index contributed by atoms with van der Waals surface area (Å²) in [6.07, 6.45) is 1.33. The van der Waals surface area contributed by atoms with Crippen LogP contribution in [0, 0.1) is 0 Å². The summed E-state index contributed by atoms with van der Waals surface area (Å²) < 4.78 is 12.2. The van der Waals surface area contributed by atoms with Gasteiger partial charge in [0, 0.05) is 36.2 Å². The summed E-state index contributed by atoms with van der Waals surface area (Å²) in [5.41, 5.74) is 0. The van der Waals surface area contributed by atoms with E-state index in [1.165, 1.54) is 0 Å². The Labute approximate surface area is 139 Å². The molecular formula is C16H24N4O2S. The van der Waals surface area contributed by atoms with E-state index >= 15 is 0 Å². The molecule has 1 aliphatic heterocycles. The first-order valence-electron chi connectivity index (χ1n) is 7.94. The molecule has 2 rings (SSSR count). The van der Waals surface area contributed by atoms with Crippen molar-refractivity contribution >= 4 is 22.7 Å². The van der Waals surface area contributed by atoms with Gasteiger partial charge in [0.05, 0.1) is 17.3 Å². The molecule has 0 spiro atoms. The maximum atomic E-state index is 12.2. The molecule has 1 heterocycles. The normalized spacial score (nSPS) is 19.8. The van der Waals surface area contributed by atoms with Gasteiger partial charge in [-0.25, -0.2) is 0 Å². The number of benzene rings is 1. The van der Waals surface area contributed by atoms with Gasteiger partial charge >= 0.3 is 0 Å². The molecule has 0 aliphatic carbocycles. The van der Waals surface area contributed by atoms with E-state index in [1.54, 1.807) is 0 Å². The molecule has 0 radical (unpaired) electrons. The summed E-state index contributed by atoms with van der Waals surface area (Å²) in [5.74, 6) is 1.30. The summed E-state index contributed by atoms with van der Waals surface area (Å²) in [6.45, 7) is 3.85. The molecule has 7 heteroatoms. The second-order valence-electron chi connectivity index (χ2n) is 5.31. The minimum absolute atomic E-state index is 0.100. The first-order valence-corrected chi connectivity index (χ1v) is 9.26. The van der Waals surface area contributed by atoms with E-state index in [0.717, 1.165) is 17.9 Å². The summed E-state index contributed by atoms with van der Waals surface area (Å²) in [4.78, 5) is 16.5. The fraction of sp³-hybridized carbons (Fsp3) is 0.500. The molecule has 6 nitrogen and oxygen atoms in total. The second-order valence-corrected chi connectivity index (χ2v) is 6.88. The molecule has 126 valence electrons. The fourth-order valence-corrected chi connectivity index (χ4v) is 3.25. The number of hydrogen-bond donors (Lipinski definition) is 3. The maximum Gasteiger partial charge on any atom is 0.220 e. The predicted molar refractivity (Wildman–Crippen MR) is 92.9 cm³/mol. The Balaban J connectivity index is 1.83. The molecule has 2 unspecified atom stereocenters. The van der Waals surface area contributed by atoms with Gasteiger partial charge in [-0.15, -0.1) is 0 Å². The Morgan fingerprint density at radius 1 is 1.39 bits per heavy atom. The highest BCUT2D eigenvalue weighted by Gasteiger charge is 2.18. The number of hydrogen-bond acceptors (Lipinski definition) is 3. The molecule has 1 aromatic rings. The zero-order valence-electron chi connectivity index (χ0n) is 13.4. The number of nitrogens with one attached hydrogen (secondary N) is 3. The van der Waals surface area contributed by atoms with Gasteiger partial charge < -0.3 is 16.0 Å². The number of carbonyl (C=O) groups excluding carboxylic acids is 1. The number of aliphatic imine (C=N–C) groups is 1. The monoisotopic (exact) mass is 336 g/mol. The van der Waals surface area contributed by atoms with Crippen LogP contribution in [0.5, 0.6) is 0 Å². The molecule has 0 aromatic heterocycles. The average Bonchev–Trinajstić information content (AvgIpc) is 2.58. The van der Waals surface area contributed by atoms with Crippen LogP contribution in [0.25, 0.3) is 0 Å². The first-order chi connectivity index (χ1) is 11.2. The van der Waals surface area contributed by atoms with Crippen LogP contribution in [0.3, 0.4) is 0 Å². The molecule has 0 saturated carbocycles. The van der Waals surface area contributed by atoms with Gasteiger partial charge in [-0.2, -0.15) is 0 Å². The number of piperidine rings is 1. The molecular weight excluding hydrogens is 312 g/mol. The number of nitrogens with zero attached hydrogens (tertiary/aromatic N) is 1. The zero-order valence-corrected chi connectivity index (χ0v) is 14.2. The van der Waals surface area contributed by atoms with Crippen molar-refractivity contribution in [3.8, 4) is 0 Å². The van der Waals surface area contributed by atoms with Crippen LogP contribution in [0.2, 0.25) is 0 Å². The van der Waals surface area contributed by atoms with Crippen LogP contribution in [-0.2, 0) is 15.6 Å². The minimum atomic E-state index is -1.03. The molecule has 1 fully saturated rings. The van der Waals surface area contributed by atoms with E-state index in [-0.39, 0.29) is 11.9 Å². The van der Waals surface area contributed by atoms with Crippen molar-refractivity contribution in [1.29, 1.82) is 0 Å². The highest BCUT2D eigenvalue weighted by Crippen LogP contribution is 2.05. The molecule has 0 bridgehead atoms. The van der Waals surface area contributed by atoms with Crippen LogP contribution in [-0.4, -0.2) is 47.5 Å². The highest BCUT2D eigenvalue weighted by atomic mass is 32.2. The molecule has 23 heavy (non-hydrogen) atoms. The van der Waals surface area contributed by atoms with Crippen LogP contribution < -0.4 is 16.0 Å². The van der Waals surface area contributed by atoms with Crippen molar-refractivity contribution < 1.29 is 9.00 Å². The van der Waals surface area contributed by atoms with E-state index in [9.17, 15) is 9.00 Å². The van der Waals surface area contributed by atoms with Crippen LogP contribution in [0.15, 0.2) is 40.2 Å². The van der Waals surface area contributed by atoms with E-state index in [2.05, 4.69) is 20.9 Å². The van der Waals surface area contributed by atoms with Gasteiger partial charge in [0.25, 0.3) is 0 Å². The Kier molecular flexibility index (Phi) is 7.06. The first kappa shape index (κ1) is 17.5. The van der Waals surface area contributed by atoms with E-state index in [0.29, 0.717) is 31.2 Å². The van der Waals surface area contributed by atoms with Gasteiger partial charge in [0.2, 0.25) is 5.91 Å². The third kappa shape index (κ3) is 6.02. The van der Waals surface area contributed by atoms with Gasteiger partial charge in [-0.1, -0.05) is 18.2 Å². The predicted octanol–water partition coefficient (Wildman–Crippen LogP) is 0.628. The standard InChI is InChI=1S/C16H24N4O2S/c1-2-17-16(20-13-8-9-15(21)19-12-13)18-10-11-23(22)14-6-4-3-5-7-14/h3-7,13H,2,8-12H2,1H3,(H,19,21)(H2,17,18,20). The lowest BCUT2D eigenvalue weighted by Crippen LogP contribution is -2.51. The average molecular weight is 336 g/mol. The zero-order chi connectivity index (χ0) is 16.5. The summed E-state index contributed by atoms with van der Waals surface area (Å²) in [5, 5.41) is 9.34. The quantitative estimate of drug-likeness (QED) is 0.526. The smallest absolute Gasteiger partial charge is 0.220 e. The molecule has 1 saturated heterocycles. The van der Waals surface area contributed by atoms with Crippen molar-refractivity contribution in [3.63, 3.8) is 0 Å². The van der Waals surface area contributed by atoms with Crippen LogP contribution in [0.1, 0.15) is 19.8 Å².